The fourth-order valence-corrected chi connectivity index (χ4v) is 2.71. The van der Waals surface area contributed by atoms with Crippen LogP contribution in [0.4, 0.5) is 4.79 Å². The molecule has 0 radical (unpaired) electrons. The lowest BCUT2D eigenvalue weighted by Crippen LogP contribution is -2.37. The summed E-state index contributed by atoms with van der Waals surface area (Å²) in [6, 6.07) is 1.93. The normalized spacial score (nSPS) is 12.2. The number of aryl methyl sites for hydroxylation is 2. The summed E-state index contributed by atoms with van der Waals surface area (Å²) in [5.74, 6) is 0. The lowest BCUT2D eigenvalue weighted by atomic mass is 10.1. The molecule has 0 saturated carbocycles. The molecule has 96 valence electrons. The quantitative estimate of drug-likeness (QED) is 0.707. The maximum Gasteiger partial charge on any atom is 0.315 e. The van der Waals surface area contributed by atoms with Gasteiger partial charge in [-0.25, -0.2) is 4.79 Å². The topological polar surface area (TPSA) is 61.4 Å². The lowest BCUT2D eigenvalue weighted by Gasteiger charge is -2.14. The molecule has 3 N–H and O–H groups in total. The van der Waals surface area contributed by atoms with Crippen molar-refractivity contribution >= 4 is 17.4 Å². The molecule has 0 saturated heterocycles. The van der Waals surface area contributed by atoms with Gasteiger partial charge in [0.25, 0.3) is 0 Å². The largest absolute Gasteiger partial charge is 0.396 e. The van der Waals surface area contributed by atoms with E-state index in [1.165, 1.54) is 15.3 Å². The number of rotatable bonds is 5. The first-order valence-corrected chi connectivity index (χ1v) is 6.58. The second kappa shape index (κ2) is 6.61. The third kappa shape index (κ3) is 4.36. The Morgan fingerprint density at radius 1 is 1.53 bits per heavy atom. The van der Waals surface area contributed by atoms with Gasteiger partial charge in [0.1, 0.15) is 0 Å². The van der Waals surface area contributed by atoms with Gasteiger partial charge in [0, 0.05) is 22.9 Å². The van der Waals surface area contributed by atoms with E-state index < -0.39 is 0 Å². The molecule has 2 amide bonds. The molecule has 0 bridgehead atoms. The van der Waals surface area contributed by atoms with E-state index in [2.05, 4.69) is 30.5 Å². The van der Waals surface area contributed by atoms with Crippen molar-refractivity contribution in [3.8, 4) is 0 Å². The van der Waals surface area contributed by atoms with Crippen LogP contribution in [0.3, 0.4) is 0 Å². The third-order valence-electron chi connectivity index (χ3n) is 2.51. The number of carbonyl (C=O) groups excluding carboxylic acids is 1. The zero-order valence-electron chi connectivity index (χ0n) is 10.5. The first-order valence-electron chi connectivity index (χ1n) is 5.76. The Morgan fingerprint density at radius 2 is 2.24 bits per heavy atom. The maximum atomic E-state index is 11.5. The fourth-order valence-electron chi connectivity index (χ4n) is 1.69. The standard InChI is InChI=1S/C12H20N2O2S/c1-8-7-11(10(3)17-8)9(2)14-12(16)13-5-4-6-15/h7,9,15H,4-6H2,1-3H3,(H2,13,14,16). The molecule has 0 aliphatic heterocycles. The van der Waals surface area contributed by atoms with Gasteiger partial charge in [-0.1, -0.05) is 0 Å². The number of urea groups is 1. The van der Waals surface area contributed by atoms with Gasteiger partial charge in [0.05, 0.1) is 6.04 Å². The number of carbonyl (C=O) groups is 1. The number of amides is 2. The molecule has 0 fully saturated rings. The van der Waals surface area contributed by atoms with Crippen molar-refractivity contribution in [2.75, 3.05) is 13.2 Å². The van der Waals surface area contributed by atoms with Crippen LogP contribution in [0.5, 0.6) is 0 Å². The van der Waals surface area contributed by atoms with Gasteiger partial charge in [-0.15, -0.1) is 11.3 Å². The van der Waals surface area contributed by atoms with Crippen LogP contribution < -0.4 is 10.6 Å². The fraction of sp³-hybridized carbons (Fsp3) is 0.583. The van der Waals surface area contributed by atoms with E-state index >= 15 is 0 Å². The average molecular weight is 256 g/mol. The predicted molar refractivity (Wildman–Crippen MR) is 70.4 cm³/mol. The van der Waals surface area contributed by atoms with Crippen molar-refractivity contribution in [1.82, 2.24) is 10.6 Å². The van der Waals surface area contributed by atoms with Crippen molar-refractivity contribution in [1.29, 1.82) is 0 Å². The highest BCUT2D eigenvalue weighted by molar-refractivity contribution is 7.12. The molecule has 1 atom stereocenters. The average Bonchev–Trinajstić information content (AvgIpc) is 2.58. The van der Waals surface area contributed by atoms with Crippen LogP contribution in [0.1, 0.15) is 34.7 Å². The molecule has 4 nitrogen and oxygen atoms in total. The van der Waals surface area contributed by atoms with Gasteiger partial charge >= 0.3 is 6.03 Å². The summed E-state index contributed by atoms with van der Waals surface area (Å²) < 4.78 is 0. The first-order chi connectivity index (χ1) is 8.04. The molecular weight excluding hydrogens is 236 g/mol. The zero-order chi connectivity index (χ0) is 12.8. The molecule has 1 aromatic rings. The lowest BCUT2D eigenvalue weighted by molar-refractivity contribution is 0.235. The minimum Gasteiger partial charge on any atom is -0.396 e. The predicted octanol–water partition coefficient (Wildman–Crippen LogP) is 2.11. The van der Waals surface area contributed by atoms with E-state index in [1.807, 2.05) is 6.92 Å². The van der Waals surface area contributed by atoms with Crippen molar-refractivity contribution in [3.05, 3.63) is 21.4 Å². The highest BCUT2D eigenvalue weighted by Gasteiger charge is 2.13. The second-order valence-electron chi connectivity index (χ2n) is 4.07. The van der Waals surface area contributed by atoms with E-state index in [-0.39, 0.29) is 18.7 Å². The van der Waals surface area contributed by atoms with Gasteiger partial charge in [-0.2, -0.15) is 0 Å². The smallest absolute Gasteiger partial charge is 0.315 e. The number of aliphatic hydroxyl groups excluding tert-OH is 1. The van der Waals surface area contributed by atoms with Crippen LogP contribution in [0.25, 0.3) is 0 Å². The Hall–Kier alpha value is -1.07. The van der Waals surface area contributed by atoms with Crippen LogP contribution >= 0.6 is 11.3 Å². The zero-order valence-corrected chi connectivity index (χ0v) is 11.4. The SMILES string of the molecule is Cc1cc(C(C)NC(=O)NCCCO)c(C)s1. The molecule has 1 aromatic heterocycles. The molecule has 0 aliphatic rings. The van der Waals surface area contributed by atoms with Crippen LogP contribution in [0.2, 0.25) is 0 Å². The Kier molecular flexibility index (Phi) is 5.44. The van der Waals surface area contributed by atoms with Gasteiger partial charge in [0.15, 0.2) is 0 Å². The van der Waals surface area contributed by atoms with E-state index in [1.54, 1.807) is 11.3 Å². The Balaban J connectivity index is 2.46. The van der Waals surface area contributed by atoms with Crippen LogP contribution in [-0.2, 0) is 0 Å². The van der Waals surface area contributed by atoms with Crippen LogP contribution in [-0.4, -0.2) is 24.3 Å². The number of nitrogens with one attached hydrogen (secondary N) is 2. The number of hydrogen-bond acceptors (Lipinski definition) is 3. The summed E-state index contributed by atoms with van der Waals surface area (Å²) >= 11 is 1.74. The van der Waals surface area contributed by atoms with Crippen molar-refractivity contribution in [2.24, 2.45) is 0 Å². The molecular formula is C12H20N2O2S. The van der Waals surface area contributed by atoms with Crippen LogP contribution in [0, 0.1) is 13.8 Å². The number of aliphatic hydroxyl groups is 1. The molecule has 1 rings (SSSR count). The van der Waals surface area contributed by atoms with Gasteiger partial charge < -0.3 is 15.7 Å². The summed E-state index contributed by atoms with van der Waals surface area (Å²) in [6.07, 6.45) is 0.582. The van der Waals surface area contributed by atoms with Crippen LogP contribution in [0.15, 0.2) is 6.07 Å². The summed E-state index contributed by atoms with van der Waals surface area (Å²) in [5, 5.41) is 14.2. The number of hydrogen-bond donors (Lipinski definition) is 3. The van der Waals surface area contributed by atoms with Crippen molar-refractivity contribution in [3.63, 3.8) is 0 Å². The van der Waals surface area contributed by atoms with E-state index in [4.69, 9.17) is 5.11 Å². The molecule has 1 heterocycles. The second-order valence-corrected chi connectivity index (χ2v) is 5.53. The molecule has 0 aromatic carbocycles. The molecule has 0 aliphatic carbocycles. The summed E-state index contributed by atoms with van der Waals surface area (Å²) in [4.78, 5) is 14.0. The first kappa shape index (κ1) is 14.0. The van der Waals surface area contributed by atoms with Gasteiger partial charge in [-0.05, 0) is 38.8 Å². The summed E-state index contributed by atoms with van der Waals surface area (Å²) in [6.45, 7) is 6.69. The third-order valence-corrected chi connectivity index (χ3v) is 3.50. The van der Waals surface area contributed by atoms with Gasteiger partial charge in [0.2, 0.25) is 0 Å². The van der Waals surface area contributed by atoms with Gasteiger partial charge in [-0.3, -0.25) is 0 Å². The van der Waals surface area contributed by atoms with Crippen molar-refractivity contribution in [2.45, 2.75) is 33.2 Å². The molecule has 17 heavy (non-hydrogen) atoms. The molecule has 5 heteroatoms. The van der Waals surface area contributed by atoms with E-state index in [9.17, 15) is 4.79 Å². The molecule has 1 unspecified atom stereocenters. The number of thiophene rings is 1. The monoisotopic (exact) mass is 256 g/mol. The maximum absolute atomic E-state index is 11.5. The highest BCUT2D eigenvalue weighted by atomic mass is 32.1. The Labute approximate surface area is 106 Å². The Morgan fingerprint density at radius 3 is 2.76 bits per heavy atom. The minimum absolute atomic E-state index is 0.00840. The van der Waals surface area contributed by atoms with E-state index in [0.29, 0.717) is 13.0 Å². The summed E-state index contributed by atoms with van der Waals surface area (Å²) in [5.41, 5.74) is 1.17. The summed E-state index contributed by atoms with van der Waals surface area (Å²) in [7, 11) is 0. The minimum atomic E-state index is -0.186. The highest BCUT2D eigenvalue weighted by Crippen LogP contribution is 2.25. The van der Waals surface area contributed by atoms with Crippen molar-refractivity contribution < 1.29 is 9.90 Å². The van der Waals surface area contributed by atoms with E-state index in [0.717, 1.165) is 0 Å². The molecule has 0 spiro atoms. The Bertz CT molecular complexity index is 377.